The van der Waals surface area contributed by atoms with Crippen molar-refractivity contribution in [1.82, 2.24) is 4.90 Å². The molecule has 1 aromatic rings. The molecular weight excluding hydrogens is 232 g/mol. The van der Waals surface area contributed by atoms with Crippen molar-refractivity contribution in [2.24, 2.45) is 0 Å². The van der Waals surface area contributed by atoms with Crippen LogP contribution in [0, 0.1) is 10.1 Å². The van der Waals surface area contributed by atoms with E-state index in [-0.39, 0.29) is 5.69 Å². The van der Waals surface area contributed by atoms with Gasteiger partial charge in [0.2, 0.25) is 0 Å². The summed E-state index contributed by atoms with van der Waals surface area (Å²) in [6, 6.07) is 6.77. The maximum atomic E-state index is 10.7. The maximum absolute atomic E-state index is 10.7. The molecule has 0 aromatic heterocycles. The highest BCUT2D eigenvalue weighted by molar-refractivity contribution is 5.35. The van der Waals surface area contributed by atoms with Crippen LogP contribution >= 0.6 is 0 Å². The topological polar surface area (TPSA) is 66.6 Å². The number of hydrogen-bond donors (Lipinski definition) is 1. The van der Waals surface area contributed by atoms with E-state index in [0.29, 0.717) is 18.2 Å². The fourth-order valence-corrected chi connectivity index (χ4v) is 2.20. The first-order valence-corrected chi connectivity index (χ1v) is 6.20. The third-order valence-electron chi connectivity index (χ3n) is 3.62. The van der Waals surface area contributed by atoms with Gasteiger partial charge in [-0.25, -0.2) is 0 Å². The van der Waals surface area contributed by atoms with Crippen LogP contribution in [0.25, 0.3) is 0 Å². The zero-order valence-corrected chi connectivity index (χ0v) is 10.5. The number of nitrogens with zero attached hydrogens (tertiary/aromatic N) is 2. The molecule has 1 atom stereocenters. The fourth-order valence-electron chi connectivity index (χ4n) is 2.20. The normalized spacial score (nSPS) is 17.5. The van der Waals surface area contributed by atoms with Gasteiger partial charge in [-0.3, -0.25) is 10.1 Å². The van der Waals surface area contributed by atoms with E-state index in [0.717, 1.165) is 0 Å². The maximum Gasteiger partial charge on any atom is 0.269 e. The largest absolute Gasteiger partial charge is 0.387 e. The van der Waals surface area contributed by atoms with E-state index >= 15 is 0 Å². The first-order chi connectivity index (χ1) is 8.58. The van der Waals surface area contributed by atoms with E-state index in [9.17, 15) is 15.2 Å². The molecule has 0 aliphatic heterocycles. The predicted octanol–water partition coefficient (Wildman–Crippen LogP) is 2.11. The number of aliphatic hydroxyl groups excluding tert-OH is 1. The molecule has 1 aliphatic rings. The molecule has 5 heteroatoms. The third-order valence-corrected chi connectivity index (χ3v) is 3.62. The lowest BCUT2D eigenvalue weighted by atomic mass is 9.91. The fraction of sp³-hybridized carbons (Fsp3) is 0.538. The van der Waals surface area contributed by atoms with Gasteiger partial charge in [0.25, 0.3) is 5.69 Å². The molecule has 1 saturated carbocycles. The Bertz CT molecular complexity index is 432. The van der Waals surface area contributed by atoms with E-state index in [1.807, 2.05) is 7.05 Å². The Morgan fingerprint density at radius 3 is 2.83 bits per heavy atom. The van der Waals surface area contributed by atoms with E-state index < -0.39 is 11.0 Å². The molecule has 0 bridgehead atoms. The lowest BCUT2D eigenvalue weighted by Gasteiger charge is -2.35. The molecule has 5 nitrogen and oxygen atoms in total. The van der Waals surface area contributed by atoms with Gasteiger partial charge in [-0.05, 0) is 25.5 Å². The number of benzene rings is 1. The molecule has 1 aromatic carbocycles. The van der Waals surface area contributed by atoms with Crippen molar-refractivity contribution in [3.8, 4) is 0 Å². The Hall–Kier alpha value is -1.46. The van der Waals surface area contributed by atoms with Gasteiger partial charge in [-0.1, -0.05) is 18.6 Å². The second-order valence-corrected chi connectivity index (χ2v) is 4.89. The molecule has 0 saturated heterocycles. The van der Waals surface area contributed by atoms with Crippen LogP contribution in [0.2, 0.25) is 0 Å². The van der Waals surface area contributed by atoms with Crippen molar-refractivity contribution in [2.75, 3.05) is 13.6 Å². The van der Waals surface area contributed by atoms with Crippen molar-refractivity contribution in [1.29, 1.82) is 0 Å². The van der Waals surface area contributed by atoms with Crippen molar-refractivity contribution < 1.29 is 10.0 Å². The van der Waals surface area contributed by atoms with Crippen LogP contribution in [-0.4, -0.2) is 34.6 Å². The molecule has 1 N–H and O–H groups in total. The summed E-state index contributed by atoms with van der Waals surface area (Å²) in [4.78, 5) is 12.4. The number of rotatable bonds is 5. The standard InChI is InChI=1S/C13H18N2O3/c1-14(11-5-3-6-11)9-13(16)10-4-2-7-12(8-10)15(17)18/h2,4,7-8,11,13,16H,3,5-6,9H2,1H3. The van der Waals surface area contributed by atoms with Gasteiger partial charge >= 0.3 is 0 Å². The lowest BCUT2D eigenvalue weighted by Crippen LogP contribution is -2.39. The quantitative estimate of drug-likeness (QED) is 0.642. The zero-order chi connectivity index (χ0) is 13.1. The van der Waals surface area contributed by atoms with Crippen LogP contribution < -0.4 is 0 Å². The van der Waals surface area contributed by atoms with E-state index in [1.54, 1.807) is 12.1 Å². The first-order valence-electron chi connectivity index (χ1n) is 6.20. The van der Waals surface area contributed by atoms with Gasteiger partial charge in [-0.15, -0.1) is 0 Å². The number of nitro groups is 1. The van der Waals surface area contributed by atoms with Crippen molar-refractivity contribution in [2.45, 2.75) is 31.4 Å². The molecule has 1 unspecified atom stereocenters. The van der Waals surface area contributed by atoms with E-state index in [2.05, 4.69) is 4.90 Å². The van der Waals surface area contributed by atoms with Gasteiger partial charge in [-0.2, -0.15) is 0 Å². The van der Waals surface area contributed by atoms with Crippen LogP contribution in [0.4, 0.5) is 5.69 Å². The number of aliphatic hydroxyl groups is 1. The number of likely N-dealkylation sites (N-methyl/N-ethyl adjacent to an activating group) is 1. The average Bonchev–Trinajstić information content (AvgIpc) is 2.26. The van der Waals surface area contributed by atoms with Gasteiger partial charge in [0.15, 0.2) is 0 Å². The summed E-state index contributed by atoms with van der Waals surface area (Å²) in [6.45, 7) is 0.520. The van der Waals surface area contributed by atoms with E-state index in [4.69, 9.17) is 0 Å². The summed E-state index contributed by atoms with van der Waals surface area (Å²) in [5.41, 5.74) is 0.633. The SMILES string of the molecule is CN(CC(O)c1cccc([N+](=O)[O-])c1)C1CCC1. The second-order valence-electron chi connectivity index (χ2n) is 4.89. The minimum absolute atomic E-state index is 0.0258. The highest BCUT2D eigenvalue weighted by Gasteiger charge is 2.24. The molecule has 0 radical (unpaired) electrons. The lowest BCUT2D eigenvalue weighted by molar-refractivity contribution is -0.385. The van der Waals surface area contributed by atoms with Crippen molar-refractivity contribution in [3.63, 3.8) is 0 Å². The van der Waals surface area contributed by atoms with E-state index in [1.165, 1.54) is 31.4 Å². The second kappa shape index (κ2) is 5.46. The van der Waals surface area contributed by atoms with Gasteiger partial charge in [0.05, 0.1) is 11.0 Å². The van der Waals surface area contributed by atoms with Crippen LogP contribution in [0.3, 0.4) is 0 Å². The van der Waals surface area contributed by atoms with Gasteiger partial charge in [0.1, 0.15) is 0 Å². The smallest absolute Gasteiger partial charge is 0.269 e. The Labute approximate surface area is 106 Å². The number of nitro benzene ring substituents is 1. The molecule has 0 amide bonds. The predicted molar refractivity (Wildman–Crippen MR) is 68.3 cm³/mol. The minimum Gasteiger partial charge on any atom is -0.387 e. The van der Waals surface area contributed by atoms with Gasteiger partial charge < -0.3 is 10.0 Å². The first kappa shape index (κ1) is 13.0. The molecule has 1 fully saturated rings. The summed E-state index contributed by atoms with van der Waals surface area (Å²) >= 11 is 0. The third kappa shape index (κ3) is 2.86. The number of non-ortho nitro benzene ring substituents is 1. The molecular formula is C13H18N2O3. The summed E-state index contributed by atoms with van der Waals surface area (Å²) in [6.07, 6.45) is 2.94. The monoisotopic (exact) mass is 250 g/mol. The van der Waals surface area contributed by atoms with Crippen LogP contribution in [-0.2, 0) is 0 Å². The Morgan fingerprint density at radius 2 is 2.28 bits per heavy atom. The highest BCUT2D eigenvalue weighted by Crippen LogP contribution is 2.26. The van der Waals surface area contributed by atoms with Gasteiger partial charge in [0, 0.05) is 24.7 Å². The molecule has 18 heavy (non-hydrogen) atoms. The molecule has 0 spiro atoms. The summed E-state index contributed by atoms with van der Waals surface area (Å²) in [7, 11) is 1.99. The average molecular weight is 250 g/mol. The van der Waals surface area contributed by atoms with Crippen LogP contribution in [0.1, 0.15) is 30.9 Å². The molecule has 0 heterocycles. The Balaban J connectivity index is 2.01. The summed E-state index contributed by atoms with van der Waals surface area (Å²) in [5, 5.41) is 20.8. The summed E-state index contributed by atoms with van der Waals surface area (Å²) < 4.78 is 0. The number of hydrogen-bond acceptors (Lipinski definition) is 4. The Kier molecular flexibility index (Phi) is 3.93. The Morgan fingerprint density at radius 1 is 1.56 bits per heavy atom. The van der Waals surface area contributed by atoms with Crippen molar-refractivity contribution >= 4 is 5.69 Å². The van der Waals surface area contributed by atoms with Crippen molar-refractivity contribution in [3.05, 3.63) is 39.9 Å². The molecule has 98 valence electrons. The molecule has 2 rings (SSSR count). The molecule has 1 aliphatic carbocycles. The summed E-state index contributed by atoms with van der Waals surface area (Å²) in [5.74, 6) is 0. The van der Waals surface area contributed by atoms with Crippen LogP contribution in [0.15, 0.2) is 24.3 Å². The zero-order valence-electron chi connectivity index (χ0n) is 10.5. The van der Waals surface area contributed by atoms with Crippen LogP contribution in [0.5, 0.6) is 0 Å². The minimum atomic E-state index is -0.671. The highest BCUT2D eigenvalue weighted by atomic mass is 16.6.